The highest BCUT2D eigenvalue weighted by molar-refractivity contribution is 5.39. The van der Waals surface area contributed by atoms with Crippen molar-refractivity contribution in [3.63, 3.8) is 0 Å². The van der Waals surface area contributed by atoms with Gasteiger partial charge in [-0.3, -0.25) is 4.40 Å². The van der Waals surface area contributed by atoms with Gasteiger partial charge >= 0.3 is 5.69 Å². The Morgan fingerprint density at radius 1 is 1.57 bits per heavy atom. The molecule has 0 saturated carbocycles. The van der Waals surface area contributed by atoms with Gasteiger partial charge in [-0.25, -0.2) is 9.48 Å². The van der Waals surface area contributed by atoms with E-state index in [0.717, 1.165) is 5.56 Å². The van der Waals surface area contributed by atoms with Crippen molar-refractivity contribution in [2.75, 3.05) is 6.54 Å². The molecule has 2 N–H and O–H groups in total. The lowest BCUT2D eigenvalue weighted by atomic mass is 10.3. The number of rotatable bonds is 2. The van der Waals surface area contributed by atoms with Crippen molar-refractivity contribution in [1.82, 2.24) is 14.2 Å². The zero-order chi connectivity index (χ0) is 10.1. The van der Waals surface area contributed by atoms with E-state index in [1.807, 2.05) is 19.1 Å². The Morgan fingerprint density at radius 3 is 3.07 bits per heavy atom. The quantitative estimate of drug-likeness (QED) is 0.714. The maximum absolute atomic E-state index is 11.6. The van der Waals surface area contributed by atoms with Gasteiger partial charge in [0.15, 0.2) is 5.65 Å². The molecular formula is C9H12N4O. The SMILES string of the molecule is Cc1ccn2c(=O)n(CCN)nc2c1. The Balaban J connectivity index is 2.67. The number of aryl methyl sites for hydroxylation is 1. The van der Waals surface area contributed by atoms with Crippen molar-refractivity contribution in [2.24, 2.45) is 5.73 Å². The van der Waals surface area contributed by atoms with Crippen LogP contribution in [-0.4, -0.2) is 20.7 Å². The Kier molecular flexibility index (Phi) is 2.09. The first-order chi connectivity index (χ1) is 6.72. The summed E-state index contributed by atoms with van der Waals surface area (Å²) in [5.74, 6) is 0. The Morgan fingerprint density at radius 2 is 2.36 bits per heavy atom. The average Bonchev–Trinajstić information content (AvgIpc) is 2.44. The van der Waals surface area contributed by atoms with Crippen LogP contribution in [0.25, 0.3) is 5.65 Å². The van der Waals surface area contributed by atoms with E-state index in [2.05, 4.69) is 5.10 Å². The van der Waals surface area contributed by atoms with Gasteiger partial charge in [0, 0.05) is 12.7 Å². The van der Waals surface area contributed by atoms with Gasteiger partial charge in [0.1, 0.15) is 0 Å². The number of fused-ring (bicyclic) bond motifs is 1. The summed E-state index contributed by atoms with van der Waals surface area (Å²) in [7, 11) is 0. The number of hydrogen-bond donors (Lipinski definition) is 1. The van der Waals surface area contributed by atoms with E-state index in [1.54, 1.807) is 6.20 Å². The van der Waals surface area contributed by atoms with Crippen molar-refractivity contribution >= 4 is 5.65 Å². The van der Waals surface area contributed by atoms with Crippen LogP contribution >= 0.6 is 0 Å². The summed E-state index contributed by atoms with van der Waals surface area (Å²) in [4.78, 5) is 11.6. The molecular weight excluding hydrogens is 180 g/mol. The third kappa shape index (κ3) is 1.31. The normalized spacial score (nSPS) is 11.0. The zero-order valence-corrected chi connectivity index (χ0v) is 7.97. The molecule has 0 radical (unpaired) electrons. The van der Waals surface area contributed by atoms with E-state index in [9.17, 15) is 4.79 Å². The Labute approximate surface area is 80.8 Å². The third-order valence-corrected chi connectivity index (χ3v) is 2.08. The summed E-state index contributed by atoms with van der Waals surface area (Å²) in [6.45, 7) is 2.84. The molecule has 5 nitrogen and oxygen atoms in total. The molecule has 14 heavy (non-hydrogen) atoms. The fourth-order valence-corrected chi connectivity index (χ4v) is 1.39. The van der Waals surface area contributed by atoms with Crippen LogP contribution in [0.2, 0.25) is 0 Å². The Bertz CT molecular complexity index is 511. The molecule has 0 aromatic carbocycles. The minimum atomic E-state index is -0.134. The smallest absolute Gasteiger partial charge is 0.329 e. The fourth-order valence-electron chi connectivity index (χ4n) is 1.39. The lowest BCUT2D eigenvalue weighted by molar-refractivity contribution is 0.602. The van der Waals surface area contributed by atoms with E-state index < -0.39 is 0 Å². The average molecular weight is 192 g/mol. The molecule has 0 aliphatic heterocycles. The van der Waals surface area contributed by atoms with Crippen LogP contribution in [0.5, 0.6) is 0 Å². The van der Waals surface area contributed by atoms with Gasteiger partial charge in [-0.15, -0.1) is 5.10 Å². The summed E-state index contributed by atoms with van der Waals surface area (Å²) in [6, 6.07) is 3.75. The highest BCUT2D eigenvalue weighted by Crippen LogP contribution is 2.00. The van der Waals surface area contributed by atoms with Crippen LogP contribution in [0.15, 0.2) is 23.1 Å². The molecule has 0 unspecified atom stereocenters. The minimum Gasteiger partial charge on any atom is -0.329 e. The van der Waals surface area contributed by atoms with Crippen molar-refractivity contribution < 1.29 is 0 Å². The molecule has 0 aliphatic rings. The summed E-state index contributed by atoms with van der Waals surface area (Å²) >= 11 is 0. The topological polar surface area (TPSA) is 65.3 Å². The molecule has 0 saturated heterocycles. The van der Waals surface area contributed by atoms with Gasteiger partial charge < -0.3 is 5.73 Å². The minimum absolute atomic E-state index is 0.134. The highest BCUT2D eigenvalue weighted by Gasteiger charge is 2.04. The van der Waals surface area contributed by atoms with Crippen LogP contribution in [0.1, 0.15) is 5.56 Å². The summed E-state index contributed by atoms with van der Waals surface area (Å²) in [5.41, 5.74) is 6.99. The summed E-state index contributed by atoms with van der Waals surface area (Å²) < 4.78 is 2.90. The second kappa shape index (κ2) is 3.26. The predicted molar refractivity (Wildman–Crippen MR) is 53.2 cm³/mol. The second-order valence-corrected chi connectivity index (χ2v) is 3.23. The molecule has 0 aliphatic carbocycles. The van der Waals surface area contributed by atoms with Crippen LogP contribution in [0.3, 0.4) is 0 Å². The molecule has 2 rings (SSSR count). The van der Waals surface area contributed by atoms with Gasteiger partial charge in [-0.05, 0) is 24.6 Å². The van der Waals surface area contributed by atoms with E-state index in [-0.39, 0.29) is 5.69 Å². The number of aromatic nitrogens is 3. The molecule has 2 aromatic heterocycles. The molecule has 2 aromatic rings. The molecule has 0 amide bonds. The van der Waals surface area contributed by atoms with Crippen LogP contribution in [0, 0.1) is 6.92 Å². The first-order valence-electron chi connectivity index (χ1n) is 4.48. The van der Waals surface area contributed by atoms with E-state index in [1.165, 1.54) is 9.08 Å². The highest BCUT2D eigenvalue weighted by atomic mass is 16.2. The van der Waals surface area contributed by atoms with Crippen molar-refractivity contribution in [3.8, 4) is 0 Å². The standard InChI is InChI=1S/C9H12N4O/c1-7-2-4-12-8(6-7)11-13(5-3-10)9(12)14/h2,4,6H,3,5,10H2,1H3. The second-order valence-electron chi connectivity index (χ2n) is 3.23. The molecule has 0 fully saturated rings. The lowest BCUT2D eigenvalue weighted by Crippen LogP contribution is -2.24. The van der Waals surface area contributed by atoms with Crippen molar-refractivity contribution in [2.45, 2.75) is 13.5 Å². The largest absolute Gasteiger partial charge is 0.350 e. The predicted octanol–water partition coefficient (Wildman–Crippen LogP) is -0.237. The van der Waals surface area contributed by atoms with E-state index >= 15 is 0 Å². The van der Waals surface area contributed by atoms with Crippen LogP contribution in [0.4, 0.5) is 0 Å². The van der Waals surface area contributed by atoms with Gasteiger partial charge in [-0.1, -0.05) is 0 Å². The Hall–Kier alpha value is -1.62. The van der Waals surface area contributed by atoms with Crippen LogP contribution < -0.4 is 11.4 Å². The molecule has 2 heterocycles. The molecule has 74 valence electrons. The van der Waals surface area contributed by atoms with Gasteiger partial charge in [0.25, 0.3) is 0 Å². The van der Waals surface area contributed by atoms with Gasteiger partial charge in [-0.2, -0.15) is 0 Å². The number of pyridine rings is 1. The third-order valence-electron chi connectivity index (χ3n) is 2.08. The maximum Gasteiger partial charge on any atom is 0.350 e. The summed E-state index contributed by atoms with van der Waals surface area (Å²) in [5, 5.41) is 4.15. The number of nitrogens with zero attached hydrogens (tertiary/aromatic N) is 3. The van der Waals surface area contributed by atoms with Crippen molar-refractivity contribution in [3.05, 3.63) is 34.4 Å². The number of nitrogens with two attached hydrogens (primary N) is 1. The monoisotopic (exact) mass is 192 g/mol. The number of hydrogen-bond acceptors (Lipinski definition) is 3. The maximum atomic E-state index is 11.6. The van der Waals surface area contributed by atoms with E-state index in [0.29, 0.717) is 18.7 Å². The lowest BCUT2D eigenvalue weighted by Gasteiger charge is -1.91. The molecule has 0 atom stereocenters. The molecule has 5 heteroatoms. The fraction of sp³-hybridized carbons (Fsp3) is 0.333. The van der Waals surface area contributed by atoms with Gasteiger partial charge in [0.05, 0.1) is 6.54 Å². The van der Waals surface area contributed by atoms with Crippen molar-refractivity contribution in [1.29, 1.82) is 0 Å². The first kappa shape index (κ1) is 8.96. The van der Waals surface area contributed by atoms with E-state index in [4.69, 9.17) is 5.73 Å². The van der Waals surface area contributed by atoms with Crippen LogP contribution in [-0.2, 0) is 6.54 Å². The summed E-state index contributed by atoms with van der Waals surface area (Å²) in [6.07, 6.45) is 1.73. The molecule has 0 spiro atoms. The first-order valence-corrected chi connectivity index (χ1v) is 4.48. The zero-order valence-electron chi connectivity index (χ0n) is 7.97. The van der Waals surface area contributed by atoms with Gasteiger partial charge in [0.2, 0.25) is 0 Å². The molecule has 0 bridgehead atoms.